The van der Waals surface area contributed by atoms with Crippen LogP contribution >= 0.6 is 11.6 Å². The molecule has 1 atom stereocenters. The van der Waals surface area contributed by atoms with E-state index in [1.807, 2.05) is 0 Å². The molecule has 0 radical (unpaired) electrons. The number of hydrogen-bond acceptors (Lipinski definition) is 4. The standard InChI is InChI=1S/C14H13ClFN3O2/c15-13-11(7-12(20)17-18-13)19-5-4-14(21,8-19)9-2-1-3-10(16)6-9/h1-3,6-7,21H,4-5,8H2,(H,17,20). The van der Waals surface area contributed by atoms with E-state index in [-0.39, 0.29) is 17.3 Å². The highest BCUT2D eigenvalue weighted by Gasteiger charge is 2.38. The molecule has 0 saturated carbocycles. The van der Waals surface area contributed by atoms with Crippen molar-refractivity contribution >= 4 is 17.3 Å². The zero-order chi connectivity index (χ0) is 15.0. The first kappa shape index (κ1) is 14.0. The molecular formula is C14H13ClFN3O2. The van der Waals surface area contributed by atoms with Gasteiger partial charge in [-0.3, -0.25) is 4.79 Å². The number of nitrogens with zero attached hydrogens (tertiary/aromatic N) is 2. The highest BCUT2D eigenvalue weighted by atomic mass is 35.5. The molecule has 1 aromatic heterocycles. The lowest BCUT2D eigenvalue weighted by molar-refractivity contribution is 0.0603. The van der Waals surface area contributed by atoms with E-state index >= 15 is 0 Å². The molecule has 2 N–H and O–H groups in total. The molecular weight excluding hydrogens is 297 g/mol. The number of rotatable bonds is 2. The zero-order valence-corrected chi connectivity index (χ0v) is 11.8. The van der Waals surface area contributed by atoms with Crippen molar-refractivity contribution in [2.75, 3.05) is 18.0 Å². The largest absolute Gasteiger partial charge is 0.383 e. The summed E-state index contributed by atoms with van der Waals surface area (Å²) in [5.41, 5.74) is -0.559. The molecule has 2 aromatic rings. The van der Waals surface area contributed by atoms with Gasteiger partial charge in [0.1, 0.15) is 11.4 Å². The summed E-state index contributed by atoms with van der Waals surface area (Å²) in [6.07, 6.45) is 0.416. The Kier molecular flexibility index (Phi) is 3.43. The van der Waals surface area contributed by atoms with Crippen LogP contribution in [0.15, 0.2) is 35.1 Å². The van der Waals surface area contributed by atoms with E-state index in [0.717, 1.165) is 0 Å². The number of anilines is 1. The number of hydrogen-bond donors (Lipinski definition) is 2. The first-order valence-electron chi connectivity index (χ1n) is 6.46. The Balaban J connectivity index is 1.91. The lowest BCUT2D eigenvalue weighted by Gasteiger charge is -2.25. The van der Waals surface area contributed by atoms with E-state index in [9.17, 15) is 14.3 Å². The second-order valence-electron chi connectivity index (χ2n) is 5.12. The number of nitrogens with one attached hydrogen (secondary N) is 1. The molecule has 1 unspecified atom stereocenters. The predicted molar refractivity (Wildman–Crippen MR) is 77.0 cm³/mol. The summed E-state index contributed by atoms with van der Waals surface area (Å²) >= 11 is 5.98. The first-order chi connectivity index (χ1) is 9.98. The van der Waals surface area contributed by atoms with Gasteiger partial charge in [-0.25, -0.2) is 9.49 Å². The maximum absolute atomic E-state index is 13.3. The lowest BCUT2D eigenvalue weighted by Crippen LogP contribution is -2.31. The van der Waals surface area contributed by atoms with Crippen LogP contribution in [0.25, 0.3) is 0 Å². The van der Waals surface area contributed by atoms with Crippen molar-refractivity contribution < 1.29 is 9.50 Å². The lowest BCUT2D eigenvalue weighted by atomic mass is 9.93. The van der Waals surface area contributed by atoms with E-state index in [0.29, 0.717) is 24.2 Å². The summed E-state index contributed by atoms with van der Waals surface area (Å²) in [5, 5.41) is 16.8. The molecule has 0 bridgehead atoms. The van der Waals surface area contributed by atoms with Gasteiger partial charge in [-0.1, -0.05) is 23.7 Å². The minimum absolute atomic E-state index is 0.165. The molecule has 21 heavy (non-hydrogen) atoms. The normalized spacial score (nSPS) is 21.8. The SMILES string of the molecule is O=c1cc(N2CCC(O)(c3cccc(F)c3)C2)c(Cl)n[nH]1. The average molecular weight is 310 g/mol. The quantitative estimate of drug-likeness (QED) is 0.885. The summed E-state index contributed by atoms with van der Waals surface area (Å²) in [7, 11) is 0. The molecule has 1 fully saturated rings. The number of aromatic nitrogens is 2. The van der Waals surface area contributed by atoms with Gasteiger partial charge < -0.3 is 10.0 Å². The van der Waals surface area contributed by atoms with Gasteiger partial charge in [-0.2, -0.15) is 5.10 Å². The Bertz CT molecular complexity index is 736. The fourth-order valence-electron chi connectivity index (χ4n) is 2.61. The van der Waals surface area contributed by atoms with Crippen LogP contribution in [0.4, 0.5) is 10.1 Å². The maximum atomic E-state index is 13.3. The van der Waals surface area contributed by atoms with Gasteiger partial charge in [-0.05, 0) is 24.1 Å². The van der Waals surface area contributed by atoms with E-state index in [1.54, 1.807) is 17.0 Å². The number of aliphatic hydroxyl groups is 1. The van der Waals surface area contributed by atoms with Gasteiger partial charge >= 0.3 is 0 Å². The minimum Gasteiger partial charge on any atom is -0.383 e. The first-order valence-corrected chi connectivity index (χ1v) is 6.84. The second kappa shape index (κ2) is 5.13. The molecule has 0 spiro atoms. The van der Waals surface area contributed by atoms with Gasteiger partial charge in [-0.15, -0.1) is 0 Å². The van der Waals surface area contributed by atoms with Crippen LogP contribution in [0.3, 0.4) is 0 Å². The number of benzene rings is 1. The van der Waals surface area contributed by atoms with Crippen molar-refractivity contribution in [3.63, 3.8) is 0 Å². The summed E-state index contributed by atoms with van der Waals surface area (Å²) in [6, 6.07) is 7.24. The van der Waals surface area contributed by atoms with Crippen LogP contribution in [0.5, 0.6) is 0 Å². The molecule has 5 nitrogen and oxygen atoms in total. The predicted octanol–water partition coefficient (Wildman–Crippen LogP) is 1.66. The molecule has 1 saturated heterocycles. The topological polar surface area (TPSA) is 69.2 Å². The molecule has 0 aliphatic carbocycles. The number of β-amino-alcohol motifs (C(OH)–C–C–N with tert-alkyl or cyclic N) is 1. The summed E-state index contributed by atoms with van der Waals surface area (Å²) < 4.78 is 13.3. The molecule has 1 aromatic carbocycles. The van der Waals surface area contributed by atoms with E-state index in [4.69, 9.17) is 11.6 Å². The Morgan fingerprint density at radius 2 is 2.24 bits per heavy atom. The van der Waals surface area contributed by atoms with Crippen LogP contribution in [0.1, 0.15) is 12.0 Å². The highest BCUT2D eigenvalue weighted by molar-refractivity contribution is 6.31. The van der Waals surface area contributed by atoms with E-state index in [1.165, 1.54) is 18.2 Å². The summed E-state index contributed by atoms with van der Waals surface area (Å²) in [4.78, 5) is 13.1. The average Bonchev–Trinajstić information content (AvgIpc) is 2.85. The third kappa shape index (κ3) is 2.64. The maximum Gasteiger partial charge on any atom is 0.266 e. The monoisotopic (exact) mass is 309 g/mol. The van der Waals surface area contributed by atoms with Gasteiger partial charge in [0.2, 0.25) is 0 Å². The molecule has 7 heteroatoms. The van der Waals surface area contributed by atoms with Crippen molar-refractivity contribution in [2.45, 2.75) is 12.0 Å². The van der Waals surface area contributed by atoms with Gasteiger partial charge in [0, 0.05) is 12.6 Å². The smallest absolute Gasteiger partial charge is 0.266 e. The van der Waals surface area contributed by atoms with Gasteiger partial charge in [0.15, 0.2) is 5.15 Å². The van der Waals surface area contributed by atoms with Crippen molar-refractivity contribution in [2.24, 2.45) is 0 Å². The summed E-state index contributed by atoms with van der Waals surface area (Å²) in [5.74, 6) is -0.393. The second-order valence-corrected chi connectivity index (χ2v) is 5.48. The van der Waals surface area contributed by atoms with Gasteiger partial charge in [0.25, 0.3) is 5.56 Å². The Morgan fingerprint density at radius 3 is 3.00 bits per heavy atom. The molecule has 0 amide bonds. The molecule has 2 heterocycles. The minimum atomic E-state index is -1.17. The Morgan fingerprint density at radius 1 is 1.43 bits per heavy atom. The molecule has 1 aliphatic rings. The highest BCUT2D eigenvalue weighted by Crippen LogP contribution is 2.36. The zero-order valence-electron chi connectivity index (χ0n) is 11.0. The Hall–Kier alpha value is -1.92. The van der Waals surface area contributed by atoms with Crippen molar-refractivity contribution in [1.29, 1.82) is 0 Å². The van der Waals surface area contributed by atoms with Gasteiger partial charge in [0.05, 0.1) is 12.2 Å². The van der Waals surface area contributed by atoms with Crippen molar-refractivity contribution in [3.8, 4) is 0 Å². The van der Waals surface area contributed by atoms with Crippen LogP contribution in [0.2, 0.25) is 5.15 Å². The van der Waals surface area contributed by atoms with Crippen molar-refractivity contribution in [3.05, 3.63) is 57.2 Å². The fourth-order valence-corrected chi connectivity index (χ4v) is 2.83. The molecule has 110 valence electrons. The Labute approximate surface area is 125 Å². The fraction of sp³-hybridized carbons (Fsp3) is 0.286. The summed E-state index contributed by atoms with van der Waals surface area (Å²) in [6.45, 7) is 0.721. The molecule has 1 aliphatic heterocycles. The number of aromatic amines is 1. The molecule has 3 rings (SSSR count). The van der Waals surface area contributed by atoms with Crippen LogP contribution < -0.4 is 10.5 Å². The van der Waals surface area contributed by atoms with E-state index < -0.39 is 11.4 Å². The number of halogens is 2. The van der Waals surface area contributed by atoms with Crippen LogP contribution in [-0.2, 0) is 5.60 Å². The van der Waals surface area contributed by atoms with Crippen LogP contribution in [-0.4, -0.2) is 28.4 Å². The third-order valence-corrected chi connectivity index (χ3v) is 3.97. The number of H-pyrrole nitrogens is 1. The third-order valence-electron chi connectivity index (χ3n) is 3.69. The van der Waals surface area contributed by atoms with Crippen LogP contribution in [0, 0.1) is 5.82 Å². The van der Waals surface area contributed by atoms with E-state index in [2.05, 4.69) is 10.2 Å². The van der Waals surface area contributed by atoms with Crippen molar-refractivity contribution in [1.82, 2.24) is 10.2 Å².